The van der Waals surface area contributed by atoms with E-state index < -0.39 is 0 Å². The first-order chi connectivity index (χ1) is 6.59. The molecular weight excluding hydrogens is 184 g/mol. The van der Waals surface area contributed by atoms with Crippen molar-refractivity contribution in [1.29, 1.82) is 0 Å². The average molecular weight is 200 g/mol. The Morgan fingerprint density at radius 2 is 2.21 bits per heavy atom. The Bertz CT molecular complexity index is 274. The third kappa shape index (κ3) is 3.23. The smallest absolute Gasteiger partial charge is 0.253 e. The highest BCUT2D eigenvalue weighted by Crippen LogP contribution is 2.16. The summed E-state index contributed by atoms with van der Waals surface area (Å²) in [5, 5.41) is 13.7. The molecule has 0 spiro atoms. The molecule has 6 nitrogen and oxygen atoms in total. The number of hydrazine groups is 1. The maximum Gasteiger partial charge on any atom is 0.253 e. The lowest BCUT2D eigenvalue weighted by atomic mass is 10.4. The lowest BCUT2D eigenvalue weighted by molar-refractivity contribution is 0.356. The predicted octanol–water partition coefficient (Wildman–Crippen LogP) is 0.0120. The maximum atomic E-state index is 8.92. The minimum atomic E-state index is -0.150. The second-order valence-electron chi connectivity index (χ2n) is 3.37. The van der Waals surface area contributed by atoms with E-state index in [1.165, 1.54) is 11.1 Å². The van der Waals surface area contributed by atoms with E-state index in [0.717, 1.165) is 13.0 Å². The minimum absolute atomic E-state index is 0.150. The van der Waals surface area contributed by atoms with Crippen LogP contribution in [0, 0.1) is 0 Å². The van der Waals surface area contributed by atoms with Gasteiger partial charge in [-0.3, -0.25) is 5.01 Å². The highest BCUT2D eigenvalue weighted by Gasteiger charge is 2.07. The highest BCUT2D eigenvalue weighted by atomic mass is 16.5. The fraction of sp³-hybridized carbons (Fsp3) is 0.625. The number of nitrogens with two attached hydrogens (primary N) is 1. The predicted molar refractivity (Wildman–Crippen MR) is 52.9 cm³/mol. The summed E-state index contributed by atoms with van der Waals surface area (Å²) in [5.74, 6) is 5.89. The molecule has 6 heteroatoms. The van der Waals surface area contributed by atoms with E-state index in [1.54, 1.807) is 0 Å². The molecule has 0 saturated heterocycles. The van der Waals surface area contributed by atoms with E-state index in [-0.39, 0.29) is 5.88 Å². The molecule has 0 unspecified atom stereocenters. The van der Waals surface area contributed by atoms with Gasteiger partial charge in [0.05, 0.1) is 6.07 Å². The summed E-state index contributed by atoms with van der Waals surface area (Å²) in [5.41, 5.74) is 0. The van der Waals surface area contributed by atoms with Gasteiger partial charge in [0, 0.05) is 6.54 Å². The van der Waals surface area contributed by atoms with Gasteiger partial charge in [-0.2, -0.15) is 0 Å². The van der Waals surface area contributed by atoms with E-state index in [1.807, 2.05) is 14.1 Å². The normalized spacial score (nSPS) is 10.9. The molecule has 14 heavy (non-hydrogen) atoms. The Morgan fingerprint density at radius 3 is 2.71 bits per heavy atom. The van der Waals surface area contributed by atoms with E-state index in [0.29, 0.717) is 12.4 Å². The first-order valence-electron chi connectivity index (χ1n) is 4.42. The summed E-state index contributed by atoms with van der Waals surface area (Å²) >= 11 is 0. The third-order valence-corrected chi connectivity index (χ3v) is 1.77. The average Bonchev–Trinajstić information content (AvgIpc) is 2.51. The van der Waals surface area contributed by atoms with Crippen LogP contribution < -0.4 is 10.9 Å². The number of hydrogen-bond acceptors (Lipinski definition) is 6. The molecule has 0 atom stereocenters. The van der Waals surface area contributed by atoms with Crippen molar-refractivity contribution < 1.29 is 9.63 Å². The first-order valence-corrected chi connectivity index (χ1v) is 4.42. The van der Waals surface area contributed by atoms with Gasteiger partial charge in [-0.25, -0.2) is 5.84 Å². The van der Waals surface area contributed by atoms with Crippen LogP contribution in [0.5, 0.6) is 5.88 Å². The molecule has 0 aliphatic heterocycles. The molecule has 0 saturated carbocycles. The van der Waals surface area contributed by atoms with Crippen molar-refractivity contribution in [2.75, 3.05) is 32.2 Å². The monoisotopic (exact) mass is 200 g/mol. The van der Waals surface area contributed by atoms with Gasteiger partial charge in [0.2, 0.25) is 5.88 Å². The van der Waals surface area contributed by atoms with Crippen molar-refractivity contribution in [2.45, 2.75) is 6.42 Å². The Hall–Kier alpha value is -1.27. The van der Waals surface area contributed by atoms with Crippen molar-refractivity contribution in [1.82, 2.24) is 10.1 Å². The third-order valence-electron chi connectivity index (χ3n) is 1.77. The van der Waals surface area contributed by atoms with Crippen LogP contribution in [0.4, 0.5) is 5.88 Å². The molecule has 1 aromatic heterocycles. The Kier molecular flexibility index (Phi) is 3.73. The number of hydrogen-bond donors (Lipinski definition) is 2. The molecule has 1 rings (SSSR count). The number of aromatic hydroxyl groups is 1. The molecule has 0 radical (unpaired) electrons. The fourth-order valence-electron chi connectivity index (χ4n) is 1.06. The zero-order valence-corrected chi connectivity index (χ0v) is 8.47. The van der Waals surface area contributed by atoms with Gasteiger partial charge >= 0.3 is 0 Å². The van der Waals surface area contributed by atoms with Gasteiger partial charge in [-0.15, -0.1) is 0 Å². The summed E-state index contributed by atoms with van der Waals surface area (Å²) in [6.45, 7) is 1.61. The lowest BCUT2D eigenvalue weighted by Gasteiger charge is -2.15. The molecule has 0 amide bonds. The van der Waals surface area contributed by atoms with Crippen LogP contribution >= 0.6 is 0 Å². The van der Waals surface area contributed by atoms with Crippen molar-refractivity contribution in [3.63, 3.8) is 0 Å². The second-order valence-corrected chi connectivity index (χ2v) is 3.37. The lowest BCUT2D eigenvalue weighted by Crippen LogP contribution is -2.33. The summed E-state index contributed by atoms with van der Waals surface area (Å²) in [4.78, 5) is 2.08. The second kappa shape index (κ2) is 4.83. The topological polar surface area (TPSA) is 78.8 Å². The molecule has 0 fully saturated rings. The molecule has 3 N–H and O–H groups in total. The molecular formula is C8H16N4O2. The first kappa shape index (κ1) is 10.8. The Labute approximate surface area is 82.8 Å². The number of nitrogens with zero attached hydrogens (tertiary/aromatic N) is 3. The SMILES string of the molecule is CN(C)CCCN(N)c1cc(O)no1. The van der Waals surface area contributed by atoms with E-state index in [9.17, 15) is 0 Å². The molecule has 0 bridgehead atoms. The van der Waals surface area contributed by atoms with Crippen molar-refractivity contribution in [3.8, 4) is 5.88 Å². The molecule has 0 aliphatic rings. The van der Waals surface area contributed by atoms with Crippen molar-refractivity contribution in [3.05, 3.63) is 6.07 Å². The molecule has 1 aromatic rings. The van der Waals surface area contributed by atoms with Crippen LogP contribution in [0.3, 0.4) is 0 Å². The van der Waals surface area contributed by atoms with Crippen LogP contribution in [0.15, 0.2) is 10.6 Å². The van der Waals surface area contributed by atoms with Gasteiger partial charge < -0.3 is 14.5 Å². The van der Waals surface area contributed by atoms with Crippen molar-refractivity contribution >= 4 is 5.88 Å². The zero-order chi connectivity index (χ0) is 10.6. The van der Waals surface area contributed by atoms with Crippen LogP contribution in [0.25, 0.3) is 0 Å². The van der Waals surface area contributed by atoms with Gasteiger partial charge in [0.25, 0.3) is 5.88 Å². The number of aromatic nitrogens is 1. The molecule has 1 heterocycles. The Balaban J connectivity index is 2.32. The van der Waals surface area contributed by atoms with Crippen molar-refractivity contribution in [2.24, 2.45) is 5.84 Å². The van der Waals surface area contributed by atoms with Gasteiger partial charge in [0.15, 0.2) is 0 Å². The minimum Gasteiger partial charge on any atom is -0.491 e. The zero-order valence-electron chi connectivity index (χ0n) is 8.47. The van der Waals surface area contributed by atoms with Crippen LogP contribution in [-0.4, -0.2) is 42.3 Å². The fourth-order valence-corrected chi connectivity index (χ4v) is 1.06. The molecule has 0 aromatic carbocycles. The van der Waals surface area contributed by atoms with Gasteiger partial charge in [-0.1, -0.05) is 0 Å². The van der Waals surface area contributed by atoms with Crippen LogP contribution in [0.1, 0.15) is 6.42 Å². The summed E-state index contributed by atoms with van der Waals surface area (Å²) in [7, 11) is 4.00. The summed E-state index contributed by atoms with van der Waals surface area (Å²) in [6, 6.07) is 1.38. The number of anilines is 1. The number of rotatable bonds is 5. The quantitative estimate of drug-likeness (QED) is 0.515. The summed E-state index contributed by atoms with van der Waals surface area (Å²) < 4.78 is 4.77. The molecule has 80 valence electrons. The highest BCUT2D eigenvalue weighted by molar-refractivity contribution is 5.35. The van der Waals surface area contributed by atoms with Crippen LogP contribution in [-0.2, 0) is 0 Å². The largest absolute Gasteiger partial charge is 0.491 e. The maximum absolute atomic E-state index is 8.92. The van der Waals surface area contributed by atoms with Gasteiger partial charge in [-0.05, 0) is 32.2 Å². The standard InChI is InChI=1S/C8H16N4O2/c1-11(2)4-3-5-12(9)8-6-7(13)10-14-8/h6H,3-5,9H2,1-2H3,(H,10,13). The Morgan fingerprint density at radius 1 is 1.50 bits per heavy atom. The molecule has 0 aliphatic carbocycles. The van der Waals surface area contributed by atoms with E-state index in [4.69, 9.17) is 15.5 Å². The van der Waals surface area contributed by atoms with E-state index in [2.05, 4.69) is 10.1 Å². The van der Waals surface area contributed by atoms with Crippen LogP contribution in [0.2, 0.25) is 0 Å². The van der Waals surface area contributed by atoms with Gasteiger partial charge in [0.1, 0.15) is 0 Å². The summed E-state index contributed by atoms with van der Waals surface area (Å²) in [6.07, 6.45) is 0.922. The van der Waals surface area contributed by atoms with E-state index >= 15 is 0 Å².